The number of hydrogen-bond donors (Lipinski definition) is 1. The van der Waals surface area contributed by atoms with E-state index in [1.807, 2.05) is 6.92 Å². The third-order valence-electron chi connectivity index (χ3n) is 4.39. The van der Waals surface area contributed by atoms with E-state index in [4.69, 9.17) is 16.3 Å². The number of amides is 2. The van der Waals surface area contributed by atoms with E-state index in [-0.39, 0.29) is 22.7 Å². The second-order valence-corrected chi connectivity index (χ2v) is 6.42. The molecule has 1 heterocycles. The highest BCUT2D eigenvalue weighted by Gasteiger charge is 2.39. The highest BCUT2D eigenvalue weighted by atomic mass is 35.5. The standard InChI is InChI=1S/C18H21ClN2O3/c1-2-24-14-10-8-13(9-11-14)21-17(22)15(19)16(18(21)23)20-12-6-4-3-5-7-12/h8-12,20H,2-7H2,1H3. The molecule has 3 rings (SSSR count). The fourth-order valence-electron chi connectivity index (χ4n) is 3.17. The van der Waals surface area contributed by atoms with E-state index in [1.165, 1.54) is 6.42 Å². The Kier molecular flexibility index (Phi) is 5.09. The number of rotatable bonds is 5. The van der Waals surface area contributed by atoms with Crippen molar-refractivity contribution in [1.29, 1.82) is 0 Å². The molecule has 2 aliphatic rings. The first kappa shape index (κ1) is 16.8. The lowest BCUT2D eigenvalue weighted by Gasteiger charge is -2.24. The van der Waals surface area contributed by atoms with Crippen molar-refractivity contribution in [1.82, 2.24) is 5.32 Å². The topological polar surface area (TPSA) is 58.6 Å². The summed E-state index contributed by atoms with van der Waals surface area (Å²) in [5.74, 6) is -0.177. The average Bonchev–Trinajstić information content (AvgIpc) is 2.81. The monoisotopic (exact) mass is 348 g/mol. The third kappa shape index (κ3) is 3.26. The second-order valence-electron chi connectivity index (χ2n) is 6.04. The van der Waals surface area contributed by atoms with Crippen molar-refractivity contribution in [2.75, 3.05) is 11.5 Å². The molecule has 1 N–H and O–H groups in total. The quantitative estimate of drug-likeness (QED) is 0.829. The van der Waals surface area contributed by atoms with Gasteiger partial charge in [-0.25, -0.2) is 4.90 Å². The smallest absolute Gasteiger partial charge is 0.283 e. The minimum atomic E-state index is -0.482. The summed E-state index contributed by atoms with van der Waals surface area (Å²) in [5, 5.41) is 3.16. The zero-order chi connectivity index (χ0) is 17.1. The lowest BCUT2D eigenvalue weighted by molar-refractivity contribution is -0.120. The highest BCUT2D eigenvalue weighted by Crippen LogP contribution is 2.30. The van der Waals surface area contributed by atoms with Gasteiger partial charge in [0.1, 0.15) is 16.5 Å². The van der Waals surface area contributed by atoms with Crippen LogP contribution >= 0.6 is 11.6 Å². The van der Waals surface area contributed by atoms with Crippen molar-refractivity contribution >= 4 is 29.1 Å². The Labute approximate surface area is 146 Å². The maximum absolute atomic E-state index is 12.7. The van der Waals surface area contributed by atoms with Gasteiger partial charge in [-0.2, -0.15) is 0 Å². The predicted molar refractivity (Wildman–Crippen MR) is 93.0 cm³/mol. The van der Waals surface area contributed by atoms with Crippen molar-refractivity contribution in [2.45, 2.75) is 45.1 Å². The van der Waals surface area contributed by atoms with Crippen molar-refractivity contribution in [3.8, 4) is 5.75 Å². The van der Waals surface area contributed by atoms with E-state index in [0.717, 1.165) is 30.6 Å². The fourth-order valence-corrected chi connectivity index (χ4v) is 3.39. The van der Waals surface area contributed by atoms with Crippen molar-refractivity contribution in [2.24, 2.45) is 0 Å². The SMILES string of the molecule is CCOc1ccc(N2C(=O)C(Cl)=C(NC3CCCCC3)C2=O)cc1. The lowest BCUT2D eigenvalue weighted by atomic mass is 9.95. The molecule has 1 aromatic rings. The van der Waals surface area contributed by atoms with Gasteiger partial charge >= 0.3 is 0 Å². The molecule has 1 saturated carbocycles. The van der Waals surface area contributed by atoms with Crippen LogP contribution in [0.25, 0.3) is 0 Å². The first-order valence-corrected chi connectivity index (χ1v) is 8.77. The van der Waals surface area contributed by atoms with Gasteiger partial charge in [0.2, 0.25) is 0 Å². The van der Waals surface area contributed by atoms with Gasteiger partial charge < -0.3 is 10.1 Å². The highest BCUT2D eigenvalue weighted by molar-refractivity contribution is 6.52. The molecule has 0 aromatic heterocycles. The molecule has 0 unspecified atom stereocenters. The zero-order valence-corrected chi connectivity index (χ0v) is 14.4. The maximum atomic E-state index is 12.7. The maximum Gasteiger partial charge on any atom is 0.283 e. The van der Waals surface area contributed by atoms with Gasteiger partial charge in [-0.15, -0.1) is 0 Å². The summed E-state index contributed by atoms with van der Waals surface area (Å²) in [6.45, 7) is 2.46. The number of imide groups is 1. The average molecular weight is 349 g/mol. The number of ether oxygens (including phenoxy) is 1. The Morgan fingerprint density at radius 3 is 2.42 bits per heavy atom. The van der Waals surface area contributed by atoms with Gasteiger partial charge in [0, 0.05) is 6.04 Å². The minimum Gasteiger partial charge on any atom is -0.494 e. The molecular weight excluding hydrogens is 328 g/mol. The van der Waals surface area contributed by atoms with E-state index in [0.29, 0.717) is 18.0 Å². The number of halogens is 1. The fraction of sp³-hybridized carbons (Fsp3) is 0.444. The molecule has 1 aromatic carbocycles. The van der Waals surface area contributed by atoms with Crippen LogP contribution in [0.3, 0.4) is 0 Å². The van der Waals surface area contributed by atoms with Crippen LogP contribution in [-0.4, -0.2) is 24.5 Å². The Hall–Kier alpha value is -2.01. The third-order valence-corrected chi connectivity index (χ3v) is 4.74. The molecular formula is C18H21ClN2O3. The Balaban J connectivity index is 1.77. The summed E-state index contributed by atoms with van der Waals surface area (Å²) in [5.41, 5.74) is 0.717. The molecule has 1 aliphatic carbocycles. The van der Waals surface area contributed by atoms with Crippen LogP contribution in [-0.2, 0) is 9.59 Å². The number of nitrogens with zero attached hydrogens (tertiary/aromatic N) is 1. The second kappa shape index (κ2) is 7.26. The first-order chi connectivity index (χ1) is 11.6. The molecule has 0 saturated heterocycles. The summed E-state index contributed by atoms with van der Waals surface area (Å²) < 4.78 is 5.38. The van der Waals surface area contributed by atoms with E-state index < -0.39 is 5.91 Å². The molecule has 1 fully saturated rings. The number of carbonyl (C=O) groups excluding carboxylic acids is 2. The van der Waals surface area contributed by atoms with Gasteiger partial charge in [0.05, 0.1) is 12.3 Å². The molecule has 6 heteroatoms. The number of anilines is 1. The Morgan fingerprint density at radius 2 is 1.79 bits per heavy atom. The van der Waals surface area contributed by atoms with Gasteiger partial charge in [0.15, 0.2) is 0 Å². The van der Waals surface area contributed by atoms with Crippen LogP contribution in [0.1, 0.15) is 39.0 Å². The summed E-state index contributed by atoms with van der Waals surface area (Å²) in [6, 6.07) is 7.06. The largest absolute Gasteiger partial charge is 0.494 e. The molecule has 0 atom stereocenters. The normalized spacial score (nSPS) is 19.2. The van der Waals surface area contributed by atoms with E-state index >= 15 is 0 Å². The Morgan fingerprint density at radius 1 is 1.12 bits per heavy atom. The summed E-state index contributed by atoms with van der Waals surface area (Å²) in [6.07, 6.45) is 5.48. The molecule has 5 nitrogen and oxygen atoms in total. The number of carbonyl (C=O) groups is 2. The molecule has 128 valence electrons. The van der Waals surface area contributed by atoms with Gasteiger partial charge in [-0.3, -0.25) is 9.59 Å². The van der Waals surface area contributed by atoms with Crippen LogP contribution < -0.4 is 15.0 Å². The van der Waals surface area contributed by atoms with Gasteiger partial charge in [-0.1, -0.05) is 30.9 Å². The molecule has 0 bridgehead atoms. The molecule has 1 aliphatic heterocycles. The van der Waals surface area contributed by atoms with Crippen LogP contribution in [0, 0.1) is 0 Å². The first-order valence-electron chi connectivity index (χ1n) is 8.39. The molecule has 2 amide bonds. The van der Waals surface area contributed by atoms with Gasteiger partial charge in [0.25, 0.3) is 11.8 Å². The summed E-state index contributed by atoms with van der Waals surface area (Å²) in [4.78, 5) is 26.2. The van der Waals surface area contributed by atoms with Crippen molar-refractivity contribution < 1.29 is 14.3 Å². The zero-order valence-electron chi connectivity index (χ0n) is 13.7. The minimum absolute atomic E-state index is 0.0283. The number of benzene rings is 1. The lowest BCUT2D eigenvalue weighted by Crippen LogP contribution is -2.37. The molecule has 0 spiro atoms. The van der Waals surface area contributed by atoms with Crippen LogP contribution in [0.5, 0.6) is 5.75 Å². The summed E-state index contributed by atoms with van der Waals surface area (Å²) >= 11 is 6.15. The molecule has 24 heavy (non-hydrogen) atoms. The molecule has 0 radical (unpaired) electrons. The van der Waals surface area contributed by atoms with Gasteiger partial charge in [-0.05, 0) is 44.0 Å². The van der Waals surface area contributed by atoms with Crippen molar-refractivity contribution in [3.05, 3.63) is 35.0 Å². The van der Waals surface area contributed by atoms with E-state index in [1.54, 1.807) is 24.3 Å². The summed E-state index contributed by atoms with van der Waals surface area (Å²) in [7, 11) is 0. The number of nitrogens with one attached hydrogen (secondary N) is 1. The Bertz CT molecular complexity index is 663. The van der Waals surface area contributed by atoms with E-state index in [2.05, 4.69) is 5.32 Å². The van der Waals surface area contributed by atoms with E-state index in [9.17, 15) is 9.59 Å². The van der Waals surface area contributed by atoms with Crippen molar-refractivity contribution in [3.63, 3.8) is 0 Å². The van der Waals surface area contributed by atoms with Crippen LogP contribution in [0.4, 0.5) is 5.69 Å². The predicted octanol–water partition coefficient (Wildman–Crippen LogP) is 3.33. The number of hydrogen-bond acceptors (Lipinski definition) is 4. The van der Waals surface area contributed by atoms with Crippen LogP contribution in [0.15, 0.2) is 35.0 Å². The van der Waals surface area contributed by atoms with Crippen LogP contribution in [0.2, 0.25) is 0 Å².